The second kappa shape index (κ2) is 6.61. The smallest absolute Gasteiger partial charge is 0.258 e. The molecule has 0 unspecified atom stereocenters. The van der Waals surface area contributed by atoms with E-state index in [1.165, 1.54) is 4.09 Å². The Labute approximate surface area is 147 Å². The molecule has 1 N–H and O–H groups in total. The van der Waals surface area contributed by atoms with E-state index in [9.17, 15) is 8.42 Å². The van der Waals surface area contributed by atoms with Crippen LogP contribution in [0.25, 0.3) is 10.9 Å². The lowest BCUT2D eigenvalue weighted by Crippen LogP contribution is -2.27. The van der Waals surface area contributed by atoms with Crippen LogP contribution >= 0.6 is 0 Å². The van der Waals surface area contributed by atoms with Crippen LogP contribution in [0.3, 0.4) is 0 Å². The largest absolute Gasteiger partial charge is 0.317 e. The minimum absolute atomic E-state index is 0.0504. The van der Waals surface area contributed by atoms with E-state index in [1.54, 1.807) is 0 Å². The minimum Gasteiger partial charge on any atom is -0.317 e. The molecular formula is C19H21N3O2S. The van der Waals surface area contributed by atoms with Crippen molar-refractivity contribution in [3.63, 3.8) is 0 Å². The van der Waals surface area contributed by atoms with Crippen molar-refractivity contribution in [2.45, 2.75) is 24.5 Å². The predicted molar refractivity (Wildman–Crippen MR) is 99.0 cm³/mol. The summed E-state index contributed by atoms with van der Waals surface area (Å²) in [6, 6.07) is 16.9. The first-order chi connectivity index (χ1) is 12.1. The van der Waals surface area contributed by atoms with Crippen molar-refractivity contribution in [1.29, 1.82) is 0 Å². The van der Waals surface area contributed by atoms with Crippen molar-refractivity contribution in [1.82, 2.24) is 14.5 Å². The molecule has 0 bridgehead atoms. The number of nitrogens with zero attached hydrogens (tertiary/aromatic N) is 2. The highest BCUT2D eigenvalue weighted by atomic mass is 32.2. The Bertz CT molecular complexity index is 974. The van der Waals surface area contributed by atoms with E-state index in [0.29, 0.717) is 11.4 Å². The van der Waals surface area contributed by atoms with Gasteiger partial charge in [0.2, 0.25) is 0 Å². The van der Waals surface area contributed by atoms with Gasteiger partial charge in [-0.1, -0.05) is 48.5 Å². The summed E-state index contributed by atoms with van der Waals surface area (Å²) < 4.78 is 27.2. The highest BCUT2D eigenvalue weighted by molar-refractivity contribution is 7.89. The maximum atomic E-state index is 13.0. The number of benzene rings is 2. The summed E-state index contributed by atoms with van der Waals surface area (Å²) in [5.74, 6) is 0.255. The molecule has 3 aromatic rings. The van der Waals surface area contributed by atoms with Crippen molar-refractivity contribution in [3.8, 4) is 0 Å². The molecule has 130 valence electrons. The van der Waals surface area contributed by atoms with E-state index in [1.807, 2.05) is 54.6 Å². The number of hydrogen-bond acceptors (Lipinski definition) is 4. The molecule has 0 saturated carbocycles. The number of rotatable bonds is 4. The summed E-state index contributed by atoms with van der Waals surface area (Å²) in [5, 5.41) is 8.88. The van der Waals surface area contributed by atoms with Gasteiger partial charge >= 0.3 is 0 Å². The van der Waals surface area contributed by atoms with Crippen molar-refractivity contribution in [3.05, 3.63) is 65.9 Å². The predicted octanol–water partition coefficient (Wildman–Crippen LogP) is 2.88. The molecular weight excluding hydrogens is 334 g/mol. The first kappa shape index (κ1) is 16.3. The summed E-state index contributed by atoms with van der Waals surface area (Å²) in [6.45, 7) is 1.89. The molecule has 1 aromatic heterocycles. The van der Waals surface area contributed by atoms with E-state index in [2.05, 4.69) is 10.4 Å². The van der Waals surface area contributed by atoms with Crippen LogP contribution in [-0.4, -0.2) is 30.7 Å². The van der Waals surface area contributed by atoms with Gasteiger partial charge in [-0.25, -0.2) is 8.42 Å². The third kappa shape index (κ3) is 3.19. The molecule has 6 heteroatoms. The van der Waals surface area contributed by atoms with Crippen molar-refractivity contribution < 1.29 is 8.42 Å². The Hall–Kier alpha value is -2.18. The van der Waals surface area contributed by atoms with Crippen LogP contribution < -0.4 is 5.32 Å². The molecule has 2 aromatic carbocycles. The third-order valence-electron chi connectivity index (χ3n) is 4.77. The molecule has 0 atom stereocenters. The summed E-state index contributed by atoms with van der Waals surface area (Å²) in [7, 11) is -3.57. The van der Waals surface area contributed by atoms with Crippen molar-refractivity contribution in [2.24, 2.45) is 0 Å². The number of nitrogens with one attached hydrogen (secondary N) is 1. The fourth-order valence-electron chi connectivity index (χ4n) is 3.52. The van der Waals surface area contributed by atoms with E-state index < -0.39 is 10.0 Å². The van der Waals surface area contributed by atoms with Gasteiger partial charge in [0.1, 0.15) is 0 Å². The normalized spacial score (nSPS) is 16.3. The van der Waals surface area contributed by atoms with Gasteiger partial charge in [-0.3, -0.25) is 0 Å². The number of fused-ring (bicyclic) bond motifs is 1. The maximum absolute atomic E-state index is 13.0. The molecule has 0 aliphatic carbocycles. The fraction of sp³-hybridized carbons (Fsp3) is 0.316. The van der Waals surface area contributed by atoms with Gasteiger partial charge in [0, 0.05) is 11.3 Å². The second-order valence-electron chi connectivity index (χ2n) is 6.51. The highest BCUT2D eigenvalue weighted by Crippen LogP contribution is 2.31. The first-order valence-electron chi connectivity index (χ1n) is 8.61. The monoisotopic (exact) mass is 355 g/mol. The molecule has 0 radical (unpaired) electrons. The standard InChI is InChI=1S/C19H21N3O2S/c23-25(24,14-15-6-2-1-3-7-15)22-18-9-5-4-8-17(18)19(21-22)16-10-12-20-13-11-16/h1-9,16,20H,10-14H2. The zero-order valence-corrected chi connectivity index (χ0v) is 14.7. The molecule has 1 fully saturated rings. The lowest BCUT2D eigenvalue weighted by atomic mass is 9.93. The average Bonchev–Trinajstić information content (AvgIpc) is 3.04. The van der Waals surface area contributed by atoms with Gasteiger partial charge in [-0.2, -0.15) is 9.19 Å². The Morgan fingerprint density at radius 3 is 2.44 bits per heavy atom. The summed E-state index contributed by atoms with van der Waals surface area (Å²) in [5.41, 5.74) is 2.35. The molecule has 5 nitrogen and oxygen atoms in total. The Morgan fingerprint density at radius 2 is 1.68 bits per heavy atom. The van der Waals surface area contributed by atoms with Crippen LogP contribution in [0.5, 0.6) is 0 Å². The summed E-state index contributed by atoms with van der Waals surface area (Å²) in [4.78, 5) is 0. The third-order valence-corrected chi connectivity index (χ3v) is 6.27. The minimum atomic E-state index is -3.57. The molecule has 4 rings (SSSR count). The SMILES string of the molecule is O=S(=O)(Cc1ccccc1)n1nc(C2CCNCC2)c2ccccc21. The summed E-state index contributed by atoms with van der Waals surface area (Å²) in [6.07, 6.45) is 1.97. The Kier molecular flexibility index (Phi) is 4.31. The van der Waals surface area contributed by atoms with Crippen LogP contribution in [-0.2, 0) is 15.8 Å². The number of para-hydroxylation sites is 1. The van der Waals surface area contributed by atoms with E-state index in [0.717, 1.165) is 42.6 Å². The molecule has 0 amide bonds. The van der Waals surface area contributed by atoms with E-state index >= 15 is 0 Å². The molecule has 0 spiro atoms. The van der Waals surface area contributed by atoms with Crippen LogP contribution in [0.15, 0.2) is 54.6 Å². The Morgan fingerprint density at radius 1 is 1.00 bits per heavy atom. The average molecular weight is 355 g/mol. The zero-order valence-electron chi connectivity index (χ0n) is 13.9. The van der Waals surface area contributed by atoms with Crippen molar-refractivity contribution in [2.75, 3.05) is 13.1 Å². The molecule has 2 heterocycles. The molecule has 1 aliphatic rings. The lowest BCUT2D eigenvalue weighted by Gasteiger charge is -2.21. The van der Waals surface area contributed by atoms with Gasteiger partial charge in [0.25, 0.3) is 10.0 Å². The quantitative estimate of drug-likeness (QED) is 0.782. The van der Waals surface area contributed by atoms with Gasteiger partial charge in [0.15, 0.2) is 0 Å². The van der Waals surface area contributed by atoms with Crippen LogP contribution in [0.1, 0.15) is 30.0 Å². The van der Waals surface area contributed by atoms with Gasteiger partial charge in [0.05, 0.1) is 17.0 Å². The fourth-order valence-corrected chi connectivity index (χ4v) is 4.92. The first-order valence-corrected chi connectivity index (χ1v) is 10.2. The lowest BCUT2D eigenvalue weighted by molar-refractivity contribution is 0.453. The van der Waals surface area contributed by atoms with E-state index in [-0.39, 0.29) is 5.75 Å². The van der Waals surface area contributed by atoms with E-state index in [4.69, 9.17) is 0 Å². The molecule has 1 aliphatic heterocycles. The van der Waals surface area contributed by atoms with Gasteiger partial charge in [-0.15, -0.1) is 0 Å². The van der Waals surface area contributed by atoms with Gasteiger partial charge in [-0.05, 0) is 37.6 Å². The molecule has 1 saturated heterocycles. The summed E-state index contributed by atoms with van der Waals surface area (Å²) >= 11 is 0. The van der Waals surface area contributed by atoms with Crippen LogP contribution in [0.2, 0.25) is 0 Å². The highest BCUT2D eigenvalue weighted by Gasteiger charge is 2.26. The maximum Gasteiger partial charge on any atom is 0.258 e. The van der Waals surface area contributed by atoms with Crippen LogP contribution in [0, 0.1) is 0 Å². The Balaban J connectivity index is 1.79. The number of piperidine rings is 1. The van der Waals surface area contributed by atoms with Crippen LogP contribution in [0.4, 0.5) is 0 Å². The van der Waals surface area contributed by atoms with Crippen molar-refractivity contribution >= 4 is 20.9 Å². The number of aromatic nitrogens is 2. The van der Waals surface area contributed by atoms with Gasteiger partial charge < -0.3 is 5.32 Å². The zero-order chi connectivity index (χ0) is 17.3. The molecule has 25 heavy (non-hydrogen) atoms. The second-order valence-corrected chi connectivity index (χ2v) is 8.31. The topological polar surface area (TPSA) is 64.0 Å². The number of hydrogen-bond donors (Lipinski definition) is 1.